The lowest BCUT2D eigenvalue weighted by atomic mass is 10.1. The number of benzene rings is 2. The van der Waals surface area contributed by atoms with Crippen LogP contribution in [0, 0.1) is 5.82 Å². The standard InChI is InChI=1S/C15H13FO3/c1-10(17)14-7-4-12(16)8-15(14)19-9-11-2-5-13(18)6-3-11/h2-8,18H,9H2,1H3. The van der Waals surface area contributed by atoms with Crippen molar-refractivity contribution < 1.29 is 19.0 Å². The Morgan fingerprint density at radius 3 is 2.53 bits per heavy atom. The molecule has 0 aliphatic heterocycles. The van der Waals surface area contributed by atoms with E-state index in [2.05, 4.69) is 0 Å². The number of aromatic hydroxyl groups is 1. The zero-order valence-electron chi connectivity index (χ0n) is 10.4. The van der Waals surface area contributed by atoms with Gasteiger partial charge in [0.15, 0.2) is 5.78 Å². The molecule has 2 aromatic carbocycles. The first kappa shape index (κ1) is 13.1. The predicted octanol–water partition coefficient (Wildman–Crippen LogP) is 3.31. The van der Waals surface area contributed by atoms with E-state index in [4.69, 9.17) is 9.84 Å². The molecule has 0 aliphatic rings. The lowest BCUT2D eigenvalue weighted by Gasteiger charge is -2.10. The topological polar surface area (TPSA) is 46.5 Å². The first-order valence-electron chi connectivity index (χ1n) is 5.77. The molecule has 0 fully saturated rings. The molecule has 3 nitrogen and oxygen atoms in total. The number of Topliss-reactive ketones (excluding diaryl/α,β-unsaturated/α-hetero) is 1. The van der Waals surface area contributed by atoms with Crippen LogP contribution in [-0.2, 0) is 6.61 Å². The van der Waals surface area contributed by atoms with Crippen molar-refractivity contribution in [2.24, 2.45) is 0 Å². The van der Waals surface area contributed by atoms with Gasteiger partial charge in [-0.05, 0) is 36.8 Å². The molecule has 0 bridgehead atoms. The van der Waals surface area contributed by atoms with Gasteiger partial charge in [-0.2, -0.15) is 0 Å². The largest absolute Gasteiger partial charge is 0.508 e. The van der Waals surface area contributed by atoms with Crippen molar-refractivity contribution >= 4 is 5.78 Å². The number of hydrogen-bond acceptors (Lipinski definition) is 3. The Morgan fingerprint density at radius 2 is 1.89 bits per heavy atom. The molecule has 2 aromatic rings. The zero-order chi connectivity index (χ0) is 13.8. The van der Waals surface area contributed by atoms with E-state index in [0.717, 1.165) is 5.56 Å². The third-order valence-electron chi connectivity index (χ3n) is 2.65. The Bertz CT molecular complexity index is 591. The van der Waals surface area contributed by atoms with Crippen molar-refractivity contribution in [2.45, 2.75) is 13.5 Å². The van der Waals surface area contributed by atoms with Crippen molar-refractivity contribution in [1.29, 1.82) is 0 Å². The van der Waals surface area contributed by atoms with Crippen LogP contribution >= 0.6 is 0 Å². The van der Waals surface area contributed by atoms with Gasteiger partial charge in [0.05, 0.1) is 5.56 Å². The fraction of sp³-hybridized carbons (Fsp3) is 0.133. The van der Waals surface area contributed by atoms with E-state index in [0.29, 0.717) is 5.56 Å². The Kier molecular flexibility index (Phi) is 3.80. The number of carbonyl (C=O) groups excluding carboxylic acids is 1. The Morgan fingerprint density at radius 1 is 1.21 bits per heavy atom. The van der Waals surface area contributed by atoms with Crippen molar-refractivity contribution in [3.63, 3.8) is 0 Å². The lowest BCUT2D eigenvalue weighted by Crippen LogP contribution is -2.02. The second-order valence-electron chi connectivity index (χ2n) is 4.15. The van der Waals surface area contributed by atoms with Crippen molar-refractivity contribution in [2.75, 3.05) is 0 Å². The highest BCUT2D eigenvalue weighted by Crippen LogP contribution is 2.22. The van der Waals surface area contributed by atoms with Crippen LogP contribution in [0.3, 0.4) is 0 Å². The molecular formula is C15H13FO3. The summed E-state index contributed by atoms with van der Waals surface area (Å²) in [6.45, 7) is 1.60. The van der Waals surface area contributed by atoms with Gasteiger partial charge in [-0.15, -0.1) is 0 Å². The number of ketones is 1. The van der Waals surface area contributed by atoms with Crippen LogP contribution < -0.4 is 4.74 Å². The minimum absolute atomic E-state index is 0.166. The molecule has 0 unspecified atom stereocenters. The maximum absolute atomic E-state index is 13.2. The normalized spacial score (nSPS) is 10.2. The zero-order valence-corrected chi connectivity index (χ0v) is 10.4. The van der Waals surface area contributed by atoms with E-state index in [1.807, 2.05) is 0 Å². The molecule has 0 amide bonds. The van der Waals surface area contributed by atoms with E-state index < -0.39 is 5.82 Å². The molecule has 19 heavy (non-hydrogen) atoms. The van der Waals surface area contributed by atoms with Crippen molar-refractivity contribution in [3.05, 3.63) is 59.4 Å². The van der Waals surface area contributed by atoms with Crippen LogP contribution in [0.2, 0.25) is 0 Å². The van der Waals surface area contributed by atoms with Crippen LogP contribution in [0.5, 0.6) is 11.5 Å². The van der Waals surface area contributed by atoms with Crippen LogP contribution in [0.4, 0.5) is 4.39 Å². The number of rotatable bonds is 4. The third kappa shape index (κ3) is 3.31. The molecule has 1 N–H and O–H groups in total. The minimum Gasteiger partial charge on any atom is -0.508 e. The summed E-state index contributed by atoms with van der Waals surface area (Å²) in [7, 11) is 0. The number of ether oxygens (including phenoxy) is 1. The molecule has 0 atom stereocenters. The molecule has 0 saturated heterocycles. The average molecular weight is 260 g/mol. The number of halogens is 1. The summed E-state index contributed by atoms with van der Waals surface area (Å²) in [5, 5.41) is 9.16. The molecule has 0 radical (unpaired) electrons. The van der Waals surface area contributed by atoms with Gasteiger partial charge in [0.25, 0.3) is 0 Å². The first-order valence-corrected chi connectivity index (χ1v) is 5.77. The van der Waals surface area contributed by atoms with E-state index in [1.54, 1.807) is 12.1 Å². The lowest BCUT2D eigenvalue weighted by molar-refractivity contribution is 0.101. The SMILES string of the molecule is CC(=O)c1ccc(F)cc1OCc1ccc(O)cc1. The Labute approximate surface area is 110 Å². The van der Waals surface area contributed by atoms with Crippen LogP contribution in [0.25, 0.3) is 0 Å². The highest BCUT2D eigenvalue weighted by Gasteiger charge is 2.09. The van der Waals surface area contributed by atoms with Gasteiger partial charge < -0.3 is 9.84 Å². The molecular weight excluding hydrogens is 247 g/mol. The molecule has 4 heteroatoms. The maximum Gasteiger partial charge on any atom is 0.163 e. The smallest absolute Gasteiger partial charge is 0.163 e. The summed E-state index contributed by atoms with van der Waals surface area (Å²) in [5.41, 5.74) is 1.16. The van der Waals surface area contributed by atoms with Crippen molar-refractivity contribution in [3.8, 4) is 11.5 Å². The molecule has 2 rings (SSSR count). The van der Waals surface area contributed by atoms with Crippen LogP contribution in [-0.4, -0.2) is 10.9 Å². The van der Waals surface area contributed by atoms with Crippen LogP contribution in [0.1, 0.15) is 22.8 Å². The Hall–Kier alpha value is -2.36. The average Bonchev–Trinajstić information content (AvgIpc) is 2.38. The summed E-state index contributed by atoms with van der Waals surface area (Å²) in [5.74, 6) is -0.245. The molecule has 98 valence electrons. The summed E-state index contributed by atoms with van der Waals surface area (Å²) in [4.78, 5) is 11.4. The summed E-state index contributed by atoms with van der Waals surface area (Å²) >= 11 is 0. The second kappa shape index (κ2) is 5.52. The number of phenols is 1. The van der Waals surface area contributed by atoms with Gasteiger partial charge >= 0.3 is 0 Å². The quantitative estimate of drug-likeness (QED) is 0.858. The maximum atomic E-state index is 13.2. The van der Waals surface area contributed by atoms with E-state index in [9.17, 15) is 9.18 Å². The molecule has 0 spiro atoms. The number of carbonyl (C=O) groups is 1. The number of phenolic OH excluding ortho intramolecular Hbond substituents is 1. The third-order valence-corrected chi connectivity index (χ3v) is 2.65. The summed E-state index contributed by atoms with van der Waals surface area (Å²) in [6, 6.07) is 10.3. The molecule has 0 heterocycles. The van der Waals surface area contributed by atoms with E-state index in [-0.39, 0.29) is 23.9 Å². The van der Waals surface area contributed by atoms with Gasteiger partial charge in [0, 0.05) is 6.07 Å². The van der Waals surface area contributed by atoms with Gasteiger partial charge in [-0.25, -0.2) is 4.39 Å². The van der Waals surface area contributed by atoms with Gasteiger partial charge in [0.2, 0.25) is 0 Å². The van der Waals surface area contributed by atoms with Gasteiger partial charge in [-0.3, -0.25) is 4.79 Å². The highest BCUT2D eigenvalue weighted by atomic mass is 19.1. The summed E-state index contributed by atoms with van der Waals surface area (Å²) in [6.07, 6.45) is 0. The second-order valence-corrected chi connectivity index (χ2v) is 4.15. The Balaban J connectivity index is 2.16. The monoisotopic (exact) mass is 260 g/mol. The van der Waals surface area contributed by atoms with Gasteiger partial charge in [0.1, 0.15) is 23.9 Å². The minimum atomic E-state index is -0.453. The fourth-order valence-electron chi connectivity index (χ4n) is 1.66. The van der Waals surface area contributed by atoms with Gasteiger partial charge in [-0.1, -0.05) is 12.1 Å². The van der Waals surface area contributed by atoms with E-state index in [1.165, 1.54) is 37.3 Å². The number of hydrogen-bond donors (Lipinski definition) is 1. The first-order chi connectivity index (χ1) is 9.06. The fourth-order valence-corrected chi connectivity index (χ4v) is 1.66. The highest BCUT2D eigenvalue weighted by molar-refractivity contribution is 5.96. The van der Waals surface area contributed by atoms with E-state index >= 15 is 0 Å². The molecule has 0 saturated carbocycles. The van der Waals surface area contributed by atoms with Crippen LogP contribution in [0.15, 0.2) is 42.5 Å². The molecule has 0 aromatic heterocycles. The molecule has 0 aliphatic carbocycles. The van der Waals surface area contributed by atoms with Crippen molar-refractivity contribution in [1.82, 2.24) is 0 Å². The summed E-state index contributed by atoms with van der Waals surface area (Å²) < 4.78 is 18.6. The predicted molar refractivity (Wildman–Crippen MR) is 68.8 cm³/mol.